The summed E-state index contributed by atoms with van der Waals surface area (Å²) in [6.07, 6.45) is 2.47. The van der Waals surface area contributed by atoms with Crippen LogP contribution >= 0.6 is 0 Å². The largest absolute Gasteiger partial charge is 0.372 e. The molecule has 0 saturated heterocycles. The molecule has 4 heteroatoms. The highest BCUT2D eigenvalue weighted by Crippen LogP contribution is 2.27. The van der Waals surface area contributed by atoms with Crippen LogP contribution in [0.4, 0.5) is 0 Å². The van der Waals surface area contributed by atoms with Crippen LogP contribution in [0.3, 0.4) is 0 Å². The van der Waals surface area contributed by atoms with Crippen molar-refractivity contribution in [2.75, 3.05) is 6.61 Å². The number of hydrogen-bond acceptors (Lipinski definition) is 4. The first-order chi connectivity index (χ1) is 15.8. The van der Waals surface area contributed by atoms with Gasteiger partial charge in [-0.2, -0.15) is 0 Å². The highest BCUT2D eigenvalue weighted by molar-refractivity contribution is 5.21. The van der Waals surface area contributed by atoms with Gasteiger partial charge >= 0.3 is 0 Å². The standard InChI is InChI=1S/C28H31NO3/c29-26-16-25(21-30-18-22-10-4-1-5-11-22)28(32-20-24-14-8-3-9-15-24)27(17-26)31-19-23-12-6-2-7-13-23/h1-16,26-28H,17-21,29H2/t26-,27+,28+/m0/s1. The second-order valence-corrected chi connectivity index (χ2v) is 8.17. The van der Waals surface area contributed by atoms with Gasteiger partial charge in [-0.3, -0.25) is 0 Å². The van der Waals surface area contributed by atoms with Crippen LogP contribution in [0.15, 0.2) is 103 Å². The average Bonchev–Trinajstić information content (AvgIpc) is 2.84. The molecule has 32 heavy (non-hydrogen) atoms. The summed E-state index contributed by atoms with van der Waals surface area (Å²) in [6, 6.07) is 30.5. The fourth-order valence-electron chi connectivity index (χ4n) is 3.97. The Hall–Kier alpha value is -2.76. The van der Waals surface area contributed by atoms with Crippen LogP contribution in [-0.2, 0) is 34.0 Å². The van der Waals surface area contributed by atoms with Crippen LogP contribution < -0.4 is 5.73 Å². The maximum atomic E-state index is 6.40. The van der Waals surface area contributed by atoms with Crippen molar-refractivity contribution >= 4 is 0 Å². The maximum absolute atomic E-state index is 6.40. The second kappa shape index (κ2) is 11.7. The van der Waals surface area contributed by atoms with Crippen molar-refractivity contribution in [3.8, 4) is 0 Å². The molecule has 2 N–H and O–H groups in total. The monoisotopic (exact) mass is 429 g/mol. The minimum absolute atomic E-state index is 0.0809. The normalized spacial score (nSPS) is 20.7. The predicted molar refractivity (Wildman–Crippen MR) is 127 cm³/mol. The predicted octanol–water partition coefficient (Wildman–Crippen LogP) is 5.03. The van der Waals surface area contributed by atoms with Gasteiger partial charge in [-0.25, -0.2) is 0 Å². The molecule has 0 bridgehead atoms. The number of benzene rings is 3. The van der Waals surface area contributed by atoms with E-state index in [2.05, 4.69) is 42.5 Å². The van der Waals surface area contributed by atoms with Crippen LogP contribution in [0.1, 0.15) is 23.1 Å². The van der Waals surface area contributed by atoms with Gasteiger partial charge in [0, 0.05) is 6.04 Å². The molecule has 0 spiro atoms. The van der Waals surface area contributed by atoms with Crippen molar-refractivity contribution in [3.05, 3.63) is 119 Å². The Balaban J connectivity index is 1.44. The minimum Gasteiger partial charge on any atom is -0.372 e. The van der Waals surface area contributed by atoms with Crippen LogP contribution in [0, 0.1) is 0 Å². The molecule has 1 aliphatic rings. The molecule has 4 rings (SSSR count). The fraction of sp³-hybridized carbons (Fsp3) is 0.286. The van der Waals surface area contributed by atoms with Gasteiger partial charge in [0.05, 0.1) is 32.5 Å². The summed E-state index contributed by atoms with van der Waals surface area (Å²) >= 11 is 0. The summed E-state index contributed by atoms with van der Waals surface area (Å²) in [4.78, 5) is 0. The summed E-state index contributed by atoms with van der Waals surface area (Å²) in [5.74, 6) is 0. The summed E-state index contributed by atoms with van der Waals surface area (Å²) in [5, 5.41) is 0. The molecule has 3 atom stereocenters. The second-order valence-electron chi connectivity index (χ2n) is 8.17. The summed E-state index contributed by atoms with van der Waals surface area (Å²) in [7, 11) is 0. The quantitative estimate of drug-likeness (QED) is 0.459. The molecule has 0 heterocycles. The lowest BCUT2D eigenvalue weighted by Gasteiger charge is -2.35. The third kappa shape index (κ3) is 6.62. The molecule has 0 amide bonds. The van der Waals surface area contributed by atoms with Gasteiger partial charge in [0.2, 0.25) is 0 Å². The first kappa shape index (κ1) is 22.4. The van der Waals surface area contributed by atoms with E-state index in [0.717, 1.165) is 22.3 Å². The van der Waals surface area contributed by atoms with E-state index in [9.17, 15) is 0 Å². The average molecular weight is 430 g/mol. The van der Waals surface area contributed by atoms with E-state index in [-0.39, 0.29) is 18.2 Å². The zero-order chi connectivity index (χ0) is 22.0. The molecule has 3 aromatic carbocycles. The third-order valence-electron chi connectivity index (χ3n) is 5.60. The van der Waals surface area contributed by atoms with Gasteiger partial charge in [-0.1, -0.05) is 97.1 Å². The molecular formula is C28H31NO3. The van der Waals surface area contributed by atoms with Crippen molar-refractivity contribution in [1.82, 2.24) is 0 Å². The topological polar surface area (TPSA) is 53.7 Å². The summed E-state index contributed by atoms with van der Waals surface area (Å²) in [5.41, 5.74) is 10.8. The van der Waals surface area contributed by atoms with Gasteiger partial charge in [-0.05, 0) is 28.7 Å². The van der Waals surface area contributed by atoms with E-state index in [4.69, 9.17) is 19.9 Å². The first-order valence-electron chi connectivity index (χ1n) is 11.2. The SMILES string of the molecule is N[C@H]1C=C(COCc2ccccc2)[C@@H](OCc2ccccc2)[C@H](OCc2ccccc2)C1. The maximum Gasteiger partial charge on any atom is 0.107 e. The van der Waals surface area contributed by atoms with E-state index in [1.54, 1.807) is 0 Å². The zero-order valence-electron chi connectivity index (χ0n) is 18.3. The highest BCUT2D eigenvalue weighted by atomic mass is 16.5. The van der Waals surface area contributed by atoms with Gasteiger partial charge in [-0.15, -0.1) is 0 Å². The lowest BCUT2D eigenvalue weighted by molar-refractivity contribution is -0.0827. The Bertz CT molecular complexity index is 960. The van der Waals surface area contributed by atoms with Crippen LogP contribution in [0.5, 0.6) is 0 Å². The Morgan fingerprint density at radius 2 is 1.12 bits per heavy atom. The molecule has 0 radical (unpaired) electrons. The van der Waals surface area contributed by atoms with Crippen LogP contribution in [-0.4, -0.2) is 24.9 Å². The molecule has 0 fully saturated rings. The van der Waals surface area contributed by atoms with Gasteiger partial charge in [0.1, 0.15) is 6.10 Å². The molecule has 0 saturated carbocycles. The molecule has 0 aliphatic heterocycles. The van der Waals surface area contributed by atoms with E-state index >= 15 is 0 Å². The molecule has 4 nitrogen and oxygen atoms in total. The molecule has 3 aromatic rings. The lowest BCUT2D eigenvalue weighted by Crippen LogP contribution is -2.43. The molecule has 166 valence electrons. The summed E-state index contributed by atoms with van der Waals surface area (Å²) in [6.45, 7) is 2.06. The Kier molecular flexibility index (Phi) is 8.23. The van der Waals surface area contributed by atoms with Crippen molar-refractivity contribution < 1.29 is 14.2 Å². The molecular weight excluding hydrogens is 398 g/mol. The van der Waals surface area contributed by atoms with E-state index in [1.807, 2.05) is 54.6 Å². The molecule has 0 unspecified atom stereocenters. The number of hydrogen-bond donors (Lipinski definition) is 1. The van der Waals surface area contributed by atoms with Crippen LogP contribution in [0.2, 0.25) is 0 Å². The minimum atomic E-state index is -0.200. The molecule has 0 aromatic heterocycles. The third-order valence-corrected chi connectivity index (χ3v) is 5.60. The van der Waals surface area contributed by atoms with Crippen molar-refractivity contribution in [2.45, 2.75) is 44.5 Å². The number of ether oxygens (including phenoxy) is 3. The Labute approximate surface area is 190 Å². The lowest BCUT2D eigenvalue weighted by atomic mass is 9.90. The fourth-order valence-corrected chi connectivity index (χ4v) is 3.97. The van der Waals surface area contributed by atoms with Crippen LogP contribution in [0.25, 0.3) is 0 Å². The van der Waals surface area contributed by atoms with E-state index in [1.165, 1.54) is 0 Å². The van der Waals surface area contributed by atoms with Crippen molar-refractivity contribution in [1.29, 1.82) is 0 Å². The highest BCUT2D eigenvalue weighted by Gasteiger charge is 2.32. The van der Waals surface area contributed by atoms with Gasteiger partial charge < -0.3 is 19.9 Å². The number of nitrogens with two attached hydrogens (primary N) is 1. The van der Waals surface area contributed by atoms with Crippen molar-refractivity contribution in [2.24, 2.45) is 5.73 Å². The van der Waals surface area contributed by atoms with E-state index < -0.39 is 0 Å². The summed E-state index contributed by atoms with van der Waals surface area (Å²) < 4.78 is 18.8. The van der Waals surface area contributed by atoms with Gasteiger partial charge in [0.25, 0.3) is 0 Å². The Morgan fingerprint density at radius 3 is 1.69 bits per heavy atom. The van der Waals surface area contributed by atoms with Gasteiger partial charge in [0.15, 0.2) is 0 Å². The Morgan fingerprint density at radius 1 is 0.625 bits per heavy atom. The smallest absolute Gasteiger partial charge is 0.107 e. The van der Waals surface area contributed by atoms with Crippen molar-refractivity contribution in [3.63, 3.8) is 0 Å². The first-order valence-corrected chi connectivity index (χ1v) is 11.2. The molecule has 1 aliphatic carbocycles. The zero-order valence-corrected chi connectivity index (χ0v) is 18.3. The number of rotatable bonds is 10. The van der Waals surface area contributed by atoms with E-state index in [0.29, 0.717) is 32.8 Å².